The highest BCUT2D eigenvalue weighted by atomic mass is 35.5. The van der Waals surface area contributed by atoms with Crippen molar-refractivity contribution in [3.05, 3.63) is 34.9 Å². The number of hydrogen-bond donors (Lipinski definition) is 0. The molecule has 1 aromatic carbocycles. The lowest BCUT2D eigenvalue weighted by atomic mass is 10.2. The van der Waals surface area contributed by atoms with Crippen LogP contribution in [0.4, 0.5) is 0 Å². The van der Waals surface area contributed by atoms with E-state index in [0.717, 1.165) is 44.3 Å². The molecule has 2 nitrogen and oxygen atoms in total. The van der Waals surface area contributed by atoms with Gasteiger partial charge in [-0.25, -0.2) is 0 Å². The van der Waals surface area contributed by atoms with E-state index in [1.54, 1.807) is 0 Å². The van der Waals surface area contributed by atoms with Crippen molar-refractivity contribution in [3.8, 4) is 12.3 Å². The number of nitrogens with zero attached hydrogens (tertiary/aromatic N) is 2. The van der Waals surface area contributed by atoms with Gasteiger partial charge in [0.25, 0.3) is 0 Å². The Kier molecular flexibility index (Phi) is 4.44. The van der Waals surface area contributed by atoms with Crippen molar-refractivity contribution in [1.82, 2.24) is 9.80 Å². The van der Waals surface area contributed by atoms with E-state index in [9.17, 15) is 0 Å². The third-order valence-corrected chi connectivity index (χ3v) is 3.35. The smallest absolute Gasteiger partial charge is 0.0599 e. The van der Waals surface area contributed by atoms with Crippen molar-refractivity contribution in [2.24, 2.45) is 0 Å². The largest absolute Gasteiger partial charge is 0.297 e. The van der Waals surface area contributed by atoms with Gasteiger partial charge in [0, 0.05) is 37.7 Å². The lowest BCUT2D eigenvalue weighted by Crippen LogP contribution is -2.45. The van der Waals surface area contributed by atoms with E-state index in [1.807, 2.05) is 12.1 Å². The van der Waals surface area contributed by atoms with E-state index in [-0.39, 0.29) is 0 Å². The Morgan fingerprint density at radius 3 is 2.24 bits per heavy atom. The van der Waals surface area contributed by atoms with Crippen LogP contribution in [0.5, 0.6) is 0 Å². The molecular formula is C14H17ClN2. The molecule has 1 saturated heterocycles. The van der Waals surface area contributed by atoms with Gasteiger partial charge >= 0.3 is 0 Å². The Balaban J connectivity index is 1.82. The minimum Gasteiger partial charge on any atom is -0.297 e. The van der Waals surface area contributed by atoms with Crippen LogP contribution in [0.2, 0.25) is 5.02 Å². The maximum atomic E-state index is 5.87. The molecule has 0 aliphatic carbocycles. The number of benzene rings is 1. The van der Waals surface area contributed by atoms with E-state index in [2.05, 4.69) is 27.9 Å². The predicted octanol–water partition coefficient (Wildman–Crippen LogP) is 2.09. The minimum absolute atomic E-state index is 0.773. The molecule has 1 aliphatic rings. The molecule has 0 unspecified atom stereocenters. The average molecular weight is 249 g/mol. The molecule has 0 radical (unpaired) electrons. The van der Waals surface area contributed by atoms with E-state index in [0.29, 0.717) is 0 Å². The molecule has 1 aromatic rings. The normalized spacial score (nSPS) is 17.9. The van der Waals surface area contributed by atoms with Crippen molar-refractivity contribution in [1.29, 1.82) is 0 Å². The topological polar surface area (TPSA) is 6.48 Å². The molecule has 0 bridgehead atoms. The molecule has 0 saturated carbocycles. The second-order valence-electron chi connectivity index (χ2n) is 4.38. The van der Waals surface area contributed by atoms with Crippen molar-refractivity contribution >= 4 is 11.6 Å². The minimum atomic E-state index is 0.773. The third-order valence-electron chi connectivity index (χ3n) is 3.10. The van der Waals surface area contributed by atoms with Gasteiger partial charge in [-0.15, -0.1) is 6.42 Å². The van der Waals surface area contributed by atoms with Gasteiger partial charge in [-0.05, 0) is 17.7 Å². The fourth-order valence-corrected chi connectivity index (χ4v) is 2.21. The standard InChI is InChI=1S/C14H17ClN2/c1-2-7-16-8-10-17(11-9-16)12-13-3-5-14(15)6-4-13/h1,3-6H,7-12H2. The van der Waals surface area contributed by atoms with Crippen LogP contribution in [0.3, 0.4) is 0 Å². The van der Waals surface area contributed by atoms with Gasteiger partial charge in [-0.1, -0.05) is 29.7 Å². The second kappa shape index (κ2) is 6.07. The first-order valence-corrected chi connectivity index (χ1v) is 6.28. The molecule has 1 fully saturated rings. The van der Waals surface area contributed by atoms with Crippen LogP contribution in [0.1, 0.15) is 5.56 Å². The summed E-state index contributed by atoms with van der Waals surface area (Å²) in [6.45, 7) is 6.08. The van der Waals surface area contributed by atoms with Crippen LogP contribution in [0, 0.1) is 12.3 Å². The number of piperazine rings is 1. The molecular weight excluding hydrogens is 232 g/mol. The fourth-order valence-electron chi connectivity index (χ4n) is 2.08. The van der Waals surface area contributed by atoms with Crippen LogP contribution >= 0.6 is 11.6 Å². The fraction of sp³-hybridized carbons (Fsp3) is 0.429. The molecule has 90 valence electrons. The van der Waals surface area contributed by atoms with E-state index in [1.165, 1.54) is 5.56 Å². The van der Waals surface area contributed by atoms with Gasteiger partial charge < -0.3 is 0 Å². The summed E-state index contributed by atoms with van der Waals surface area (Å²) in [6, 6.07) is 8.09. The van der Waals surface area contributed by atoms with Crippen molar-refractivity contribution in [3.63, 3.8) is 0 Å². The number of terminal acetylenes is 1. The molecule has 0 atom stereocenters. The lowest BCUT2D eigenvalue weighted by Gasteiger charge is -2.33. The van der Waals surface area contributed by atoms with Crippen LogP contribution in [-0.4, -0.2) is 42.5 Å². The highest BCUT2D eigenvalue weighted by Crippen LogP contribution is 2.12. The molecule has 3 heteroatoms. The molecule has 0 N–H and O–H groups in total. The lowest BCUT2D eigenvalue weighted by molar-refractivity contribution is 0.138. The number of rotatable bonds is 3. The van der Waals surface area contributed by atoms with Crippen molar-refractivity contribution < 1.29 is 0 Å². The summed E-state index contributed by atoms with van der Waals surface area (Å²) in [4.78, 5) is 4.77. The first kappa shape index (κ1) is 12.4. The van der Waals surface area contributed by atoms with Gasteiger partial charge in [0.1, 0.15) is 0 Å². The average Bonchev–Trinajstić information content (AvgIpc) is 2.35. The quantitative estimate of drug-likeness (QED) is 0.756. The monoisotopic (exact) mass is 248 g/mol. The molecule has 1 heterocycles. The molecule has 17 heavy (non-hydrogen) atoms. The summed E-state index contributed by atoms with van der Waals surface area (Å²) in [5.74, 6) is 2.70. The zero-order chi connectivity index (χ0) is 12.1. The summed E-state index contributed by atoms with van der Waals surface area (Å²) in [5, 5.41) is 0.799. The molecule has 0 amide bonds. The van der Waals surface area contributed by atoms with Gasteiger partial charge in [-0.2, -0.15) is 0 Å². The Labute approximate surface area is 108 Å². The second-order valence-corrected chi connectivity index (χ2v) is 4.82. The first-order valence-electron chi connectivity index (χ1n) is 5.90. The van der Waals surface area contributed by atoms with Crippen LogP contribution in [-0.2, 0) is 6.54 Å². The summed E-state index contributed by atoms with van der Waals surface area (Å²) in [5.41, 5.74) is 1.32. The summed E-state index contributed by atoms with van der Waals surface area (Å²) in [6.07, 6.45) is 5.31. The summed E-state index contributed by atoms with van der Waals surface area (Å²) < 4.78 is 0. The van der Waals surface area contributed by atoms with Crippen LogP contribution in [0.25, 0.3) is 0 Å². The molecule has 1 aliphatic heterocycles. The Bertz CT molecular complexity index is 386. The highest BCUT2D eigenvalue weighted by molar-refractivity contribution is 6.30. The molecule has 0 spiro atoms. The Hall–Kier alpha value is -1.01. The highest BCUT2D eigenvalue weighted by Gasteiger charge is 2.15. The van der Waals surface area contributed by atoms with Gasteiger partial charge in [0.2, 0.25) is 0 Å². The SMILES string of the molecule is C#CCN1CCN(Cc2ccc(Cl)cc2)CC1. The van der Waals surface area contributed by atoms with Gasteiger partial charge in [0.05, 0.1) is 6.54 Å². The van der Waals surface area contributed by atoms with Gasteiger partial charge in [-0.3, -0.25) is 9.80 Å². The number of halogens is 1. The summed E-state index contributed by atoms with van der Waals surface area (Å²) >= 11 is 5.87. The van der Waals surface area contributed by atoms with Gasteiger partial charge in [0.15, 0.2) is 0 Å². The maximum Gasteiger partial charge on any atom is 0.0599 e. The molecule has 0 aromatic heterocycles. The van der Waals surface area contributed by atoms with E-state index < -0.39 is 0 Å². The zero-order valence-electron chi connectivity index (χ0n) is 9.90. The van der Waals surface area contributed by atoms with Crippen molar-refractivity contribution in [2.45, 2.75) is 6.54 Å². The Morgan fingerprint density at radius 1 is 1.06 bits per heavy atom. The molecule has 2 rings (SSSR count). The third kappa shape index (κ3) is 3.74. The Morgan fingerprint density at radius 2 is 1.65 bits per heavy atom. The van der Waals surface area contributed by atoms with Crippen molar-refractivity contribution in [2.75, 3.05) is 32.7 Å². The van der Waals surface area contributed by atoms with E-state index >= 15 is 0 Å². The predicted molar refractivity (Wildman–Crippen MR) is 72.0 cm³/mol. The summed E-state index contributed by atoms with van der Waals surface area (Å²) in [7, 11) is 0. The number of hydrogen-bond acceptors (Lipinski definition) is 2. The first-order chi connectivity index (χ1) is 8.28. The van der Waals surface area contributed by atoms with E-state index in [4.69, 9.17) is 18.0 Å². The van der Waals surface area contributed by atoms with Crippen LogP contribution < -0.4 is 0 Å². The maximum absolute atomic E-state index is 5.87. The zero-order valence-corrected chi connectivity index (χ0v) is 10.7. The van der Waals surface area contributed by atoms with Crippen LogP contribution in [0.15, 0.2) is 24.3 Å².